The Hall–Kier alpha value is -5.57. The van der Waals surface area contributed by atoms with Crippen LogP contribution in [0.15, 0.2) is 66.2 Å². The van der Waals surface area contributed by atoms with Gasteiger partial charge in [-0.2, -0.15) is 0 Å². The van der Waals surface area contributed by atoms with Gasteiger partial charge in [-0.3, -0.25) is 34.2 Å². The van der Waals surface area contributed by atoms with E-state index in [4.69, 9.17) is 35.5 Å². The molecule has 5 amide bonds. The van der Waals surface area contributed by atoms with Gasteiger partial charge in [0.15, 0.2) is 16.7 Å². The number of nitrogens with zero attached hydrogens (tertiary/aromatic N) is 4. The van der Waals surface area contributed by atoms with Crippen LogP contribution in [0.2, 0.25) is 5.02 Å². The number of imide groups is 1. The number of thiazole rings is 1. The Morgan fingerprint density at radius 1 is 0.970 bits per heavy atom. The van der Waals surface area contributed by atoms with Crippen LogP contribution in [0.25, 0.3) is 0 Å². The number of likely N-dealkylation sites (N-methyl/N-ethyl adjacent to an activating group) is 1. The van der Waals surface area contributed by atoms with Crippen molar-refractivity contribution < 1.29 is 47.3 Å². The molecule has 352 valence electrons. The van der Waals surface area contributed by atoms with Gasteiger partial charge in [0.1, 0.15) is 11.9 Å². The van der Waals surface area contributed by atoms with Gasteiger partial charge in [-0.1, -0.05) is 29.8 Å². The first-order valence-corrected chi connectivity index (χ1v) is 23.2. The van der Waals surface area contributed by atoms with Gasteiger partial charge in [0.05, 0.1) is 62.7 Å². The summed E-state index contributed by atoms with van der Waals surface area (Å²) in [6, 6.07) is 14.7. The molecule has 7 rings (SSSR count). The largest absolute Gasteiger partial charge is 0.487 e. The topological polar surface area (TPSA) is 203 Å². The summed E-state index contributed by atoms with van der Waals surface area (Å²) in [6.45, 7) is 3.08. The van der Waals surface area contributed by atoms with Crippen LogP contribution in [0.4, 0.5) is 21.0 Å². The number of piperidine rings is 1. The minimum Gasteiger partial charge on any atom is -0.487 e. The number of fused-ring (bicyclic) bond motifs is 1. The van der Waals surface area contributed by atoms with E-state index in [-0.39, 0.29) is 66.4 Å². The Kier molecular flexibility index (Phi) is 17.0. The fourth-order valence-corrected chi connectivity index (χ4v) is 8.99. The summed E-state index contributed by atoms with van der Waals surface area (Å²) in [7, 11) is 1.80. The summed E-state index contributed by atoms with van der Waals surface area (Å²) < 4.78 is 37.7. The summed E-state index contributed by atoms with van der Waals surface area (Å²) in [6.07, 6.45) is 4.36. The molecule has 20 heteroatoms. The smallest absolute Gasteiger partial charge is 0.255 e. The molecule has 4 N–H and O–H groups in total. The zero-order chi connectivity index (χ0) is 46.5. The lowest BCUT2D eigenvalue weighted by Crippen LogP contribution is -2.52. The van der Waals surface area contributed by atoms with Crippen LogP contribution in [0, 0.1) is 11.2 Å². The first-order chi connectivity index (χ1) is 32.0. The molecule has 0 radical (unpaired) electrons. The van der Waals surface area contributed by atoms with Crippen LogP contribution < -0.4 is 26.0 Å². The second-order valence-corrected chi connectivity index (χ2v) is 17.7. The average molecular weight is 950 g/mol. The van der Waals surface area contributed by atoms with Gasteiger partial charge >= 0.3 is 0 Å². The zero-order valence-corrected chi connectivity index (χ0v) is 38.2. The molecule has 1 atom stereocenters. The van der Waals surface area contributed by atoms with Gasteiger partial charge < -0.3 is 39.8 Å². The fourth-order valence-electron chi connectivity index (χ4n) is 8.29. The molecule has 1 saturated carbocycles. The molecule has 4 heterocycles. The van der Waals surface area contributed by atoms with Crippen LogP contribution in [0.5, 0.6) is 5.75 Å². The number of ether oxygens (including phenoxy) is 4. The quantitative estimate of drug-likeness (QED) is 0.0564. The van der Waals surface area contributed by atoms with Crippen molar-refractivity contribution in [2.45, 2.75) is 63.6 Å². The van der Waals surface area contributed by atoms with E-state index >= 15 is 0 Å². The second kappa shape index (κ2) is 23.2. The molecule has 0 bridgehead atoms. The highest BCUT2D eigenvalue weighted by atomic mass is 35.5. The summed E-state index contributed by atoms with van der Waals surface area (Å²) in [5.41, 5.74) is 1.56. The van der Waals surface area contributed by atoms with Crippen molar-refractivity contribution in [1.29, 1.82) is 0 Å². The first kappa shape index (κ1) is 48.4. The molecule has 1 aliphatic carbocycles. The number of amides is 5. The van der Waals surface area contributed by atoms with E-state index < -0.39 is 23.2 Å². The van der Waals surface area contributed by atoms with Crippen LogP contribution in [-0.4, -0.2) is 128 Å². The van der Waals surface area contributed by atoms with Gasteiger partial charge in [-0.05, 0) is 75.5 Å². The third-order valence-corrected chi connectivity index (χ3v) is 12.7. The van der Waals surface area contributed by atoms with E-state index in [9.17, 15) is 28.4 Å². The van der Waals surface area contributed by atoms with Gasteiger partial charge in [0.25, 0.3) is 5.91 Å². The standard InChI is InChI=1S/C46H54ClFN8O9S/c1-55(29-40(58)52-35-8-3-6-32-33(35)28-56(43(32)60)36-11-12-39(57)54-42(36)59)19-21-63-23-25-64-24-22-62-20-17-49-44(61)46(27-30-5-2-10-38(51-30)53-45-50-18-26-66-45)15-13-31(14-16-46)65-37-9-4-7-34(47)41(37)48/h2-10,18,26,31,36H,11-17,19-25,27-29H2,1H3,(H,49,61)(H,52,58)(H,50,51,53)(H,54,57,59). The predicted molar refractivity (Wildman–Crippen MR) is 244 cm³/mol. The maximum Gasteiger partial charge on any atom is 0.255 e. The highest BCUT2D eigenvalue weighted by Gasteiger charge is 2.43. The predicted octanol–water partition coefficient (Wildman–Crippen LogP) is 5.12. The van der Waals surface area contributed by atoms with E-state index in [1.807, 2.05) is 28.5 Å². The van der Waals surface area contributed by atoms with Crippen LogP contribution in [-0.2, 0) is 46.4 Å². The molecule has 0 spiro atoms. The molecular formula is C46H54ClFN8O9S. The number of nitrogens with one attached hydrogen (secondary N) is 4. The number of carbonyl (C=O) groups excluding carboxylic acids is 5. The summed E-state index contributed by atoms with van der Waals surface area (Å²) in [4.78, 5) is 76.3. The lowest BCUT2D eigenvalue weighted by atomic mass is 9.69. The van der Waals surface area contributed by atoms with E-state index in [0.717, 1.165) is 10.8 Å². The molecule has 2 fully saturated rings. The molecule has 66 heavy (non-hydrogen) atoms. The van der Waals surface area contributed by atoms with Crippen molar-refractivity contribution in [3.8, 4) is 5.75 Å². The average Bonchev–Trinajstić information content (AvgIpc) is 3.94. The summed E-state index contributed by atoms with van der Waals surface area (Å²) in [5.74, 6) is -1.37. The number of anilines is 3. The van der Waals surface area contributed by atoms with Crippen molar-refractivity contribution in [3.63, 3.8) is 0 Å². The number of benzene rings is 2. The van der Waals surface area contributed by atoms with Gasteiger partial charge in [0, 0.05) is 66.6 Å². The van der Waals surface area contributed by atoms with Crippen molar-refractivity contribution in [2.24, 2.45) is 5.41 Å². The van der Waals surface area contributed by atoms with E-state index in [2.05, 4.69) is 26.3 Å². The number of aromatic nitrogens is 2. The van der Waals surface area contributed by atoms with Crippen LogP contribution in [0.1, 0.15) is 60.1 Å². The lowest BCUT2D eigenvalue weighted by molar-refractivity contribution is -0.137. The molecule has 3 aliphatic rings. The first-order valence-electron chi connectivity index (χ1n) is 22.0. The van der Waals surface area contributed by atoms with Crippen molar-refractivity contribution in [2.75, 3.05) is 77.0 Å². The Balaban J connectivity index is 0.769. The molecule has 2 aromatic carbocycles. The van der Waals surface area contributed by atoms with Crippen molar-refractivity contribution in [3.05, 3.63) is 93.8 Å². The number of rotatable bonds is 23. The Labute approximate surface area is 391 Å². The number of hydrogen-bond donors (Lipinski definition) is 4. The molecule has 17 nitrogen and oxygen atoms in total. The van der Waals surface area contributed by atoms with Gasteiger partial charge in [-0.15, -0.1) is 11.3 Å². The number of carbonyl (C=O) groups is 5. The van der Waals surface area contributed by atoms with E-state index in [0.29, 0.717) is 107 Å². The summed E-state index contributed by atoms with van der Waals surface area (Å²) >= 11 is 7.44. The summed E-state index contributed by atoms with van der Waals surface area (Å²) in [5, 5.41) is 14.1. The maximum absolute atomic E-state index is 14.6. The number of halogens is 2. The molecular weight excluding hydrogens is 895 g/mol. The highest BCUT2D eigenvalue weighted by Crippen LogP contribution is 2.41. The third kappa shape index (κ3) is 12.9. The number of pyridine rings is 1. The lowest BCUT2D eigenvalue weighted by Gasteiger charge is -2.39. The minimum atomic E-state index is -0.764. The van der Waals surface area contributed by atoms with Gasteiger partial charge in [0.2, 0.25) is 23.6 Å². The molecule has 1 unspecified atom stereocenters. The van der Waals surface area contributed by atoms with Crippen molar-refractivity contribution in [1.82, 2.24) is 30.4 Å². The van der Waals surface area contributed by atoms with Crippen molar-refractivity contribution >= 4 is 69.1 Å². The SMILES string of the molecule is CN(CCOCCOCCOCCNC(=O)C1(Cc2cccc(Nc3nccs3)n2)CCC(Oc2cccc(Cl)c2F)CC1)CC(=O)Nc1cccc2c1CN(C1CCC(=O)NC1=O)C2=O. The Morgan fingerprint density at radius 2 is 1.71 bits per heavy atom. The van der Waals surface area contributed by atoms with Gasteiger partial charge in [-0.25, -0.2) is 14.4 Å². The normalized spacial score (nSPS) is 19.4. The highest BCUT2D eigenvalue weighted by molar-refractivity contribution is 7.13. The Morgan fingerprint density at radius 3 is 2.47 bits per heavy atom. The van der Waals surface area contributed by atoms with Crippen LogP contribution in [0.3, 0.4) is 0 Å². The fraction of sp³-hybridized carbons (Fsp3) is 0.457. The maximum atomic E-state index is 14.6. The number of hydrogen-bond acceptors (Lipinski definition) is 14. The third-order valence-electron chi connectivity index (χ3n) is 11.7. The zero-order valence-electron chi connectivity index (χ0n) is 36.7. The monoisotopic (exact) mass is 948 g/mol. The van der Waals surface area contributed by atoms with E-state index in [1.165, 1.54) is 22.3 Å². The molecule has 4 aromatic rings. The Bertz CT molecular complexity index is 2330. The van der Waals surface area contributed by atoms with E-state index in [1.54, 1.807) is 43.6 Å². The molecule has 2 aliphatic heterocycles. The van der Waals surface area contributed by atoms with Crippen LogP contribution >= 0.6 is 22.9 Å². The molecule has 2 aromatic heterocycles. The second-order valence-electron chi connectivity index (χ2n) is 16.4. The minimum absolute atomic E-state index is 0.00517. The molecule has 1 saturated heterocycles.